The van der Waals surface area contributed by atoms with Crippen LogP contribution in [0.1, 0.15) is 25.3 Å². The fraction of sp³-hybridized carbons (Fsp3) is 0.250. The van der Waals surface area contributed by atoms with E-state index in [0.29, 0.717) is 12.4 Å². The molecule has 0 radical (unpaired) electrons. The van der Waals surface area contributed by atoms with Crippen molar-refractivity contribution in [2.24, 2.45) is 0 Å². The second-order valence-electron chi connectivity index (χ2n) is 6.21. The number of anilines is 1. The maximum Gasteiger partial charge on any atom is 0.233 e. The molecule has 0 saturated carbocycles. The Morgan fingerprint density at radius 1 is 1.11 bits per heavy atom. The third kappa shape index (κ3) is 4.25. The molecule has 3 rings (SSSR count). The predicted octanol–water partition coefficient (Wildman–Crippen LogP) is 5.46. The van der Waals surface area contributed by atoms with Gasteiger partial charge in [0, 0.05) is 16.6 Å². The summed E-state index contributed by atoms with van der Waals surface area (Å²) < 4.78 is 33.0. The second kappa shape index (κ2) is 8.27. The highest BCUT2D eigenvalue weighted by Crippen LogP contribution is 2.33. The van der Waals surface area contributed by atoms with Crippen LogP contribution in [0, 0.1) is 6.92 Å². The number of hydrogen-bond donors (Lipinski definition) is 1. The number of unbranched alkanes of at least 4 members (excludes halogenated alkanes) is 1. The number of sulfone groups is 1. The Morgan fingerprint density at radius 3 is 2.48 bits per heavy atom. The average molecular weight is 449 g/mol. The van der Waals surface area contributed by atoms with Crippen LogP contribution in [0.25, 0.3) is 11.5 Å². The molecule has 0 aliphatic carbocycles. The van der Waals surface area contributed by atoms with Crippen molar-refractivity contribution in [1.82, 2.24) is 4.98 Å². The number of aromatic nitrogens is 1. The Balaban J connectivity index is 2.09. The van der Waals surface area contributed by atoms with E-state index in [1.54, 1.807) is 24.3 Å². The van der Waals surface area contributed by atoms with E-state index in [9.17, 15) is 8.42 Å². The highest BCUT2D eigenvalue weighted by Gasteiger charge is 2.28. The summed E-state index contributed by atoms with van der Waals surface area (Å²) >= 11 is 3.33. The highest BCUT2D eigenvalue weighted by atomic mass is 79.9. The maximum absolute atomic E-state index is 13.2. The number of nitrogens with zero attached hydrogens (tertiary/aromatic N) is 1. The minimum absolute atomic E-state index is 0.0841. The van der Waals surface area contributed by atoms with Gasteiger partial charge >= 0.3 is 0 Å². The van der Waals surface area contributed by atoms with Crippen molar-refractivity contribution in [3.8, 4) is 11.5 Å². The van der Waals surface area contributed by atoms with E-state index in [-0.39, 0.29) is 15.8 Å². The Bertz CT molecular complexity index is 1030. The van der Waals surface area contributed by atoms with E-state index >= 15 is 0 Å². The van der Waals surface area contributed by atoms with E-state index in [1.165, 1.54) is 0 Å². The molecule has 0 saturated heterocycles. The van der Waals surface area contributed by atoms with E-state index in [4.69, 9.17) is 4.42 Å². The molecule has 0 atom stereocenters. The van der Waals surface area contributed by atoms with E-state index in [1.807, 2.05) is 31.2 Å². The fourth-order valence-corrected chi connectivity index (χ4v) is 4.18. The minimum atomic E-state index is -3.81. The van der Waals surface area contributed by atoms with Gasteiger partial charge in [-0.1, -0.05) is 47.5 Å². The zero-order valence-corrected chi connectivity index (χ0v) is 17.6. The van der Waals surface area contributed by atoms with Crippen LogP contribution in [0.5, 0.6) is 0 Å². The second-order valence-corrected chi connectivity index (χ2v) is 8.99. The Kier molecular flexibility index (Phi) is 6.01. The van der Waals surface area contributed by atoms with Gasteiger partial charge in [-0.05, 0) is 49.2 Å². The standard InChI is InChI=1S/C20H21BrN2O3S/c1-3-4-13-22-19-20(27(24,25)16-11-9-15(21)10-12-16)23-18(26-19)17-8-6-5-7-14(17)2/h5-12,22H,3-4,13H2,1-2H3. The monoisotopic (exact) mass is 448 g/mol. The lowest BCUT2D eigenvalue weighted by atomic mass is 10.1. The van der Waals surface area contributed by atoms with Gasteiger partial charge in [0.2, 0.25) is 26.6 Å². The van der Waals surface area contributed by atoms with Crippen molar-refractivity contribution in [1.29, 1.82) is 0 Å². The topological polar surface area (TPSA) is 72.2 Å². The first kappa shape index (κ1) is 19.6. The molecule has 0 amide bonds. The van der Waals surface area contributed by atoms with Crippen LogP contribution in [-0.2, 0) is 9.84 Å². The summed E-state index contributed by atoms with van der Waals surface area (Å²) in [6, 6.07) is 14.1. The van der Waals surface area contributed by atoms with Crippen LogP contribution in [0.15, 0.2) is 67.3 Å². The summed E-state index contributed by atoms with van der Waals surface area (Å²) in [4.78, 5) is 4.54. The average Bonchev–Trinajstić information content (AvgIpc) is 3.07. The Labute approximate surface area is 167 Å². The first-order chi connectivity index (χ1) is 12.9. The SMILES string of the molecule is CCCCNc1oc(-c2ccccc2C)nc1S(=O)(=O)c1ccc(Br)cc1. The summed E-state index contributed by atoms with van der Waals surface area (Å²) in [5, 5.41) is 3.01. The number of halogens is 1. The number of nitrogens with one attached hydrogen (secondary N) is 1. The van der Waals surface area contributed by atoms with Gasteiger partial charge in [0.25, 0.3) is 0 Å². The normalized spacial score (nSPS) is 11.5. The van der Waals surface area contributed by atoms with Gasteiger partial charge in [-0.25, -0.2) is 8.42 Å². The van der Waals surface area contributed by atoms with Gasteiger partial charge in [-0.15, -0.1) is 0 Å². The molecule has 0 spiro atoms. The molecule has 3 aromatic rings. The molecule has 7 heteroatoms. The van der Waals surface area contributed by atoms with Crippen LogP contribution >= 0.6 is 15.9 Å². The molecule has 0 bridgehead atoms. The predicted molar refractivity (Wildman–Crippen MR) is 110 cm³/mol. The highest BCUT2D eigenvalue weighted by molar-refractivity contribution is 9.10. The van der Waals surface area contributed by atoms with Gasteiger partial charge in [-0.3, -0.25) is 0 Å². The van der Waals surface area contributed by atoms with Crippen molar-refractivity contribution >= 4 is 31.7 Å². The quantitative estimate of drug-likeness (QED) is 0.485. The summed E-state index contributed by atoms with van der Waals surface area (Å²) in [5.74, 6) is 0.479. The zero-order valence-electron chi connectivity index (χ0n) is 15.2. The van der Waals surface area contributed by atoms with Gasteiger partial charge in [0.15, 0.2) is 0 Å². The number of benzene rings is 2. The van der Waals surface area contributed by atoms with Crippen molar-refractivity contribution in [2.45, 2.75) is 36.6 Å². The van der Waals surface area contributed by atoms with Crippen LogP contribution < -0.4 is 5.32 Å². The molecule has 5 nitrogen and oxygen atoms in total. The first-order valence-electron chi connectivity index (χ1n) is 8.75. The van der Waals surface area contributed by atoms with Crippen LogP contribution in [0.2, 0.25) is 0 Å². The summed E-state index contributed by atoms with van der Waals surface area (Å²) in [7, 11) is -3.81. The van der Waals surface area contributed by atoms with Crippen molar-refractivity contribution in [3.63, 3.8) is 0 Å². The first-order valence-corrected chi connectivity index (χ1v) is 11.0. The Morgan fingerprint density at radius 2 is 1.81 bits per heavy atom. The van der Waals surface area contributed by atoms with Crippen LogP contribution in [0.4, 0.5) is 5.88 Å². The molecule has 1 aromatic heterocycles. The van der Waals surface area contributed by atoms with Gasteiger partial charge in [0.1, 0.15) is 0 Å². The summed E-state index contributed by atoms with van der Waals surface area (Å²) in [6.45, 7) is 4.62. The summed E-state index contributed by atoms with van der Waals surface area (Å²) in [6.07, 6.45) is 1.89. The van der Waals surface area contributed by atoms with Crippen molar-refractivity contribution < 1.29 is 12.8 Å². The number of aryl methyl sites for hydroxylation is 1. The number of hydrogen-bond acceptors (Lipinski definition) is 5. The van der Waals surface area contributed by atoms with Gasteiger partial charge in [-0.2, -0.15) is 4.98 Å². The van der Waals surface area contributed by atoms with Crippen LogP contribution in [0.3, 0.4) is 0 Å². The largest absolute Gasteiger partial charge is 0.419 e. The molecule has 0 fully saturated rings. The van der Waals surface area contributed by atoms with E-state index < -0.39 is 9.84 Å². The maximum atomic E-state index is 13.2. The van der Waals surface area contributed by atoms with E-state index in [2.05, 4.69) is 33.2 Å². The van der Waals surface area contributed by atoms with Gasteiger partial charge < -0.3 is 9.73 Å². The lowest BCUT2D eigenvalue weighted by molar-refractivity contribution is 0.575. The molecule has 0 aliphatic heterocycles. The molecule has 27 heavy (non-hydrogen) atoms. The fourth-order valence-electron chi connectivity index (χ4n) is 2.63. The lowest BCUT2D eigenvalue weighted by Gasteiger charge is -2.05. The molecule has 0 aliphatic rings. The van der Waals surface area contributed by atoms with Crippen molar-refractivity contribution in [3.05, 3.63) is 58.6 Å². The molecule has 2 aromatic carbocycles. The minimum Gasteiger partial charge on any atom is -0.419 e. The van der Waals surface area contributed by atoms with E-state index in [0.717, 1.165) is 28.4 Å². The smallest absolute Gasteiger partial charge is 0.233 e. The Hall–Kier alpha value is -2.12. The molecular formula is C20H21BrN2O3S. The van der Waals surface area contributed by atoms with Crippen LogP contribution in [-0.4, -0.2) is 19.9 Å². The third-order valence-corrected chi connectivity index (χ3v) is 6.37. The zero-order chi connectivity index (χ0) is 19.4. The van der Waals surface area contributed by atoms with Crippen molar-refractivity contribution in [2.75, 3.05) is 11.9 Å². The van der Waals surface area contributed by atoms with Gasteiger partial charge in [0.05, 0.1) is 4.90 Å². The third-order valence-electron chi connectivity index (χ3n) is 4.17. The number of oxazole rings is 1. The molecule has 1 N–H and O–H groups in total. The number of rotatable bonds is 7. The summed E-state index contributed by atoms with van der Waals surface area (Å²) in [5.41, 5.74) is 1.74. The molecular weight excluding hydrogens is 428 g/mol. The lowest BCUT2D eigenvalue weighted by Crippen LogP contribution is -2.08. The molecule has 1 heterocycles. The molecule has 142 valence electrons. The molecule has 0 unspecified atom stereocenters.